The molecule has 88 valence electrons. The van der Waals surface area contributed by atoms with E-state index >= 15 is 0 Å². The van der Waals surface area contributed by atoms with Crippen molar-refractivity contribution in [2.24, 2.45) is 0 Å². The molecule has 0 N–H and O–H groups in total. The van der Waals surface area contributed by atoms with Crippen LogP contribution in [0, 0.1) is 5.82 Å². The molecule has 0 saturated carbocycles. The van der Waals surface area contributed by atoms with Crippen molar-refractivity contribution in [2.75, 3.05) is 0 Å². The van der Waals surface area contributed by atoms with E-state index in [1.165, 1.54) is 6.07 Å². The van der Waals surface area contributed by atoms with E-state index in [1.54, 1.807) is 24.3 Å². The van der Waals surface area contributed by atoms with Gasteiger partial charge in [-0.2, -0.15) is 0 Å². The Morgan fingerprint density at radius 2 is 1.71 bits per heavy atom. The lowest BCUT2D eigenvalue weighted by Crippen LogP contribution is -1.91. The van der Waals surface area contributed by atoms with Crippen molar-refractivity contribution < 1.29 is 4.39 Å². The topological polar surface area (TPSA) is 0 Å². The number of hydrogen-bond donors (Lipinski definition) is 0. The van der Waals surface area contributed by atoms with Gasteiger partial charge >= 0.3 is 0 Å². The van der Waals surface area contributed by atoms with Gasteiger partial charge in [-0.3, -0.25) is 0 Å². The van der Waals surface area contributed by atoms with Crippen molar-refractivity contribution in [1.82, 2.24) is 0 Å². The highest BCUT2D eigenvalue weighted by Gasteiger charge is 2.11. The predicted molar refractivity (Wildman–Crippen MR) is 74.5 cm³/mol. The summed E-state index contributed by atoms with van der Waals surface area (Å²) in [6.45, 7) is 0. The Morgan fingerprint density at radius 1 is 1.06 bits per heavy atom. The van der Waals surface area contributed by atoms with Crippen molar-refractivity contribution in [1.29, 1.82) is 0 Å². The molecule has 0 atom stereocenters. The van der Waals surface area contributed by atoms with Crippen molar-refractivity contribution in [3.63, 3.8) is 0 Å². The molecule has 0 amide bonds. The van der Waals surface area contributed by atoms with Gasteiger partial charge in [0.15, 0.2) is 0 Å². The SMILES string of the molecule is Fc1cccc(CBr)c1-c1cc(Cl)cc(Cl)c1. The highest BCUT2D eigenvalue weighted by molar-refractivity contribution is 9.08. The van der Waals surface area contributed by atoms with Crippen LogP contribution in [0.3, 0.4) is 0 Å². The minimum Gasteiger partial charge on any atom is -0.206 e. The predicted octanol–water partition coefficient (Wildman–Crippen LogP) is 5.69. The lowest BCUT2D eigenvalue weighted by atomic mass is 10.00. The first-order valence-electron chi connectivity index (χ1n) is 4.91. The first-order chi connectivity index (χ1) is 8.11. The minimum absolute atomic E-state index is 0.278. The molecule has 0 unspecified atom stereocenters. The largest absolute Gasteiger partial charge is 0.206 e. The monoisotopic (exact) mass is 332 g/mol. The lowest BCUT2D eigenvalue weighted by molar-refractivity contribution is 0.630. The van der Waals surface area contributed by atoms with Crippen LogP contribution >= 0.6 is 39.1 Å². The van der Waals surface area contributed by atoms with Crippen LogP contribution in [0.2, 0.25) is 10.0 Å². The summed E-state index contributed by atoms with van der Waals surface area (Å²) >= 11 is 15.2. The second kappa shape index (κ2) is 5.38. The van der Waals surface area contributed by atoms with Crippen molar-refractivity contribution in [2.45, 2.75) is 5.33 Å². The third-order valence-corrected chi connectivity index (χ3v) is 3.44. The van der Waals surface area contributed by atoms with Crippen LogP contribution < -0.4 is 0 Å². The number of benzene rings is 2. The first-order valence-corrected chi connectivity index (χ1v) is 6.79. The van der Waals surface area contributed by atoms with Crippen LogP contribution in [0.15, 0.2) is 36.4 Å². The Balaban J connectivity index is 2.67. The smallest absolute Gasteiger partial charge is 0.131 e. The first kappa shape index (κ1) is 12.9. The molecule has 0 heterocycles. The average molecular weight is 334 g/mol. The maximum absolute atomic E-state index is 13.9. The molecule has 0 spiro atoms. The van der Waals surface area contributed by atoms with Crippen LogP contribution in [0.5, 0.6) is 0 Å². The third-order valence-electron chi connectivity index (χ3n) is 2.40. The van der Waals surface area contributed by atoms with E-state index in [1.807, 2.05) is 6.07 Å². The third kappa shape index (κ3) is 2.82. The van der Waals surface area contributed by atoms with E-state index in [0.29, 0.717) is 26.5 Å². The number of alkyl halides is 1. The van der Waals surface area contributed by atoms with E-state index in [-0.39, 0.29) is 5.82 Å². The zero-order valence-corrected chi connectivity index (χ0v) is 11.8. The highest BCUT2D eigenvalue weighted by atomic mass is 79.9. The molecule has 0 bridgehead atoms. The Hall–Kier alpha value is -0.570. The van der Waals surface area contributed by atoms with Crippen LogP contribution in [0.1, 0.15) is 5.56 Å². The molecule has 2 aromatic carbocycles. The van der Waals surface area contributed by atoms with Gasteiger partial charge in [0, 0.05) is 20.9 Å². The summed E-state index contributed by atoms with van der Waals surface area (Å²) in [7, 11) is 0. The van der Waals surface area contributed by atoms with E-state index in [4.69, 9.17) is 23.2 Å². The van der Waals surface area contributed by atoms with E-state index in [9.17, 15) is 4.39 Å². The Labute approximate surface area is 117 Å². The second-order valence-corrected chi connectivity index (χ2v) is 5.00. The average Bonchev–Trinajstić information content (AvgIpc) is 2.27. The molecule has 0 aliphatic heterocycles. The van der Waals surface area contributed by atoms with Crippen LogP contribution in [-0.2, 0) is 5.33 Å². The van der Waals surface area contributed by atoms with E-state index in [2.05, 4.69) is 15.9 Å². The quantitative estimate of drug-likeness (QED) is 0.619. The van der Waals surface area contributed by atoms with E-state index in [0.717, 1.165) is 5.56 Å². The summed E-state index contributed by atoms with van der Waals surface area (Å²) in [5.41, 5.74) is 2.09. The maximum Gasteiger partial charge on any atom is 0.131 e. The van der Waals surface area contributed by atoms with Crippen molar-refractivity contribution in [3.05, 3.63) is 57.8 Å². The molecule has 0 aromatic heterocycles. The normalized spacial score (nSPS) is 10.6. The van der Waals surface area contributed by atoms with Gasteiger partial charge in [0.05, 0.1) is 0 Å². The minimum atomic E-state index is -0.278. The standard InChI is InChI=1S/C13H8BrCl2F/c14-7-8-2-1-3-12(17)13(8)9-4-10(15)6-11(16)5-9/h1-6H,7H2. The van der Waals surface area contributed by atoms with Gasteiger partial charge in [-0.05, 0) is 35.4 Å². The van der Waals surface area contributed by atoms with Crippen molar-refractivity contribution >= 4 is 39.1 Å². The zero-order valence-electron chi connectivity index (χ0n) is 8.68. The fourth-order valence-electron chi connectivity index (χ4n) is 1.70. The Bertz CT molecular complexity index is 535. The van der Waals surface area contributed by atoms with E-state index < -0.39 is 0 Å². The summed E-state index contributed by atoms with van der Waals surface area (Å²) in [6, 6.07) is 10.0. The summed E-state index contributed by atoms with van der Waals surface area (Å²) < 4.78 is 13.9. The van der Waals surface area contributed by atoms with Crippen LogP contribution in [0.25, 0.3) is 11.1 Å². The molecule has 2 aromatic rings. The van der Waals surface area contributed by atoms with Gasteiger partial charge in [-0.25, -0.2) is 4.39 Å². The Kier molecular flexibility index (Phi) is 4.08. The maximum atomic E-state index is 13.9. The van der Waals surface area contributed by atoms with Gasteiger partial charge < -0.3 is 0 Å². The zero-order chi connectivity index (χ0) is 12.4. The lowest BCUT2D eigenvalue weighted by Gasteiger charge is -2.09. The molecule has 0 aliphatic carbocycles. The summed E-state index contributed by atoms with van der Waals surface area (Å²) in [4.78, 5) is 0. The molecule has 17 heavy (non-hydrogen) atoms. The Morgan fingerprint density at radius 3 is 2.29 bits per heavy atom. The summed E-state index contributed by atoms with van der Waals surface area (Å²) in [6.07, 6.45) is 0. The van der Waals surface area contributed by atoms with Gasteiger partial charge in [0.2, 0.25) is 0 Å². The second-order valence-electron chi connectivity index (χ2n) is 3.57. The molecule has 0 nitrogen and oxygen atoms in total. The molecule has 0 radical (unpaired) electrons. The molecule has 0 fully saturated rings. The molecular formula is C13H8BrCl2F. The fourth-order valence-corrected chi connectivity index (χ4v) is 2.69. The highest BCUT2D eigenvalue weighted by Crippen LogP contribution is 2.32. The van der Waals surface area contributed by atoms with Gasteiger partial charge in [0.25, 0.3) is 0 Å². The molecular weight excluding hydrogens is 326 g/mol. The summed E-state index contributed by atoms with van der Waals surface area (Å²) in [5.74, 6) is -0.278. The number of hydrogen-bond acceptors (Lipinski definition) is 0. The van der Waals surface area contributed by atoms with Crippen LogP contribution in [0.4, 0.5) is 4.39 Å². The van der Waals surface area contributed by atoms with Gasteiger partial charge in [-0.1, -0.05) is 51.3 Å². The number of rotatable bonds is 2. The molecule has 0 saturated heterocycles. The van der Waals surface area contributed by atoms with Crippen LogP contribution in [-0.4, -0.2) is 0 Å². The van der Waals surface area contributed by atoms with Gasteiger partial charge in [-0.15, -0.1) is 0 Å². The molecule has 2 rings (SSSR count). The van der Waals surface area contributed by atoms with Crippen molar-refractivity contribution in [3.8, 4) is 11.1 Å². The summed E-state index contributed by atoms with van der Waals surface area (Å²) in [5, 5.41) is 1.57. The molecule has 4 heteroatoms. The number of halogens is 4. The fraction of sp³-hybridized carbons (Fsp3) is 0.0769. The van der Waals surface area contributed by atoms with Gasteiger partial charge in [0.1, 0.15) is 5.82 Å². The molecule has 0 aliphatic rings.